The van der Waals surface area contributed by atoms with Crippen LogP contribution in [-0.2, 0) is 4.79 Å². The van der Waals surface area contributed by atoms with Gasteiger partial charge in [0.25, 0.3) is 0 Å². The van der Waals surface area contributed by atoms with E-state index >= 15 is 0 Å². The average molecular weight is 212 g/mol. The highest BCUT2D eigenvalue weighted by Gasteiger charge is 2.35. The predicted molar refractivity (Wildman–Crippen MR) is 55.5 cm³/mol. The van der Waals surface area contributed by atoms with E-state index in [2.05, 4.69) is 11.9 Å². The molecule has 1 atom stereocenters. The topological polar surface area (TPSA) is 69.6 Å². The van der Waals surface area contributed by atoms with Gasteiger partial charge in [-0.05, 0) is 13.3 Å². The van der Waals surface area contributed by atoms with Crippen LogP contribution in [0.5, 0.6) is 0 Å². The molecule has 1 fully saturated rings. The Labute approximate surface area is 88.8 Å². The molecule has 0 radical (unpaired) electrons. The Hall–Kier alpha value is -1.52. The molecule has 0 bridgehead atoms. The van der Waals surface area contributed by atoms with Crippen molar-refractivity contribution in [2.45, 2.75) is 19.4 Å². The van der Waals surface area contributed by atoms with Crippen LogP contribution in [0, 0.1) is 5.92 Å². The summed E-state index contributed by atoms with van der Waals surface area (Å²) >= 11 is 0. The summed E-state index contributed by atoms with van der Waals surface area (Å²) < 4.78 is 0. The van der Waals surface area contributed by atoms with Crippen molar-refractivity contribution in [2.24, 2.45) is 5.92 Å². The van der Waals surface area contributed by atoms with Crippen molar-refractivity contribution in [3.8, 4) is 0 Å². The summed E-state index contributed by atoms with van der Waals surface area (Å²) in [7, 11) is 0. The Bertz CT molecular complexity index is 272. The summed E-state index contributed by atoms with van der Waals surface area (Å²) in [5.74, 6) is -1.23. The number of nitrogens with zero attached hydrogens (tertiary/aromatic N) is 1. The van der Waals surface area contributed by atoms with Crippen molar-refractivity contribution in [1.82, 2.24) is 10.2 Å². The third-order valence-electron chi connectivity index (χ3n) is 2.41. The first kappa shape index (κ1) is 11.6. The standard InChI is InChI=1S/C10H16N2O3/c1-3-4-7(2)11-10(15)12-5-8(6-12)9(13)14/h3,7-8H,1,4-6H2,2H3,(H,11,15)(H,13,14). The van der Waals surface area contributed by atoms with E-state index in [4.69, 9.17) is 5.11 Å². The van der Waals surface area contributed by atoms with Gasteiger partial charge in [-0.25, -0.2) is 4.79 Å². The van der Waals surface area contributed by atoms with E-state index in [0.29, 0.717) is 19.5 Å². The third-order valence-corrected chi connectivity index (χ3v) is 2.41. The van der Waals surface area contributed by atoms with E-state index in [1.54, 1.807) is 6.08 Å². The lowest BCUT2D eigenvalue weighted by Gasteiger charge is -2.37. The lowest BCUT2D eigenvalue weighted by molar-refractivity contribution is -0.146. The number of carbonyl (C=O) groups is 2. The fourth-order valence-electron chi connectivity index (χ4n) is 1.41. The van der Waals surface area contributed by atoms with Crippen molar-refractivity contribution in [2.75, 3.05) is 13.1 Å². The number of hydrogen-bond acceptors (Lipinski definition) is 2. The molecular weight excluding hydrogens is 196 g/mol. The number of likely N-dealkylation sites (tertiary alicyclic amines) is 1. The molecule has 84 valence electrons. The van der Waals surface area contributed by atoms with Crippen LogP contribution in [0.4, 0.5) is 4.79 Å². The minimum atomic E-state index is -0.835. The summed E-state index contributed by atoms with van der Waals surface area (Å²) in [6.07, 6.45) is 2.45. The number of carboxylic acids is 1. The molecule has 15 heavy (non-hydrogen) atoms. The second kappa shape index (κ2) is 4.82. The van der Waals surface area contributed by atoms with Crippen molar-refractivity contribution in [1.29, 1.82) is 0 Å². The quantitative estimate of drug-likeness (QED) is 0.673. The van der Waals surface area contributed by atoms with Crippen LogP contribution < -0.4 is 5.32 Å². The zero-order chi connectivity index (χ0) is 11.4. The number of carboxylic acid groups (broad SMARTS) is 1. The van der Waals surface area contributed by atoms with Gasteiger partial charge in [0.15, 0.2) is 0 Å². The molecule has 2 amide bonds. The Morgan fingerprint density at radius 1 is 1.67 bits per heavy atom. The van der Waals surface area contributed by atoms with Gasteiger partial charge in [-0.2, -0.15) is 0 Å². The van der Waals surface area contributed by atoms with E-state index in [1.807, 2.05) is 6.92 Å². The van der Waals surface area contributed by atoms with Crippen molar-refractivity contribution >= 4 is 12.0 Å². The first-order chi connectivity index (χ1) is 7.04. The van der Waals surface area contributed by atoms with Gasteiger partial charge >= 0.3 is 12.0 Å². The Kier molecular flexibility index (Phi) is 3.71. The van der Waals surface area contributed by atoms with Crippen LogP contribution in [0.15, 0.2) is 12.7 Å². The van der Waals surface area contributed by atoms with E-state index in [1.165, 1.54) is 4.90 Å². The fourth-order valence-corrected chi connectivity index (χ4v) is 1.41. The largest absolute Gasteiger partial charge is 0.481 e. The van der Waals surface area contributed by atoms with Crippen LogP contribution in [0.25, 0.3) is 0 Å². The summed E-state index contributed by atoms with van der Waals surface area (Å²) in [6.45, 7) is 6.08. The molecule has 1 saturated heterocycles. The highest BCUT2D eigenvalue weighted by molar-refractivity contribution is 5.79. The monoisotopic (exact) mass is 212 g/mol. The van der Waals surface area contributed by atoms with Gasteiger partial charge in [0.05, 0.1) is 5.92 Å². The van der Waals surface area contributed by atoms with E-state index in [0.717, 1.165) is 0 Å². The summed E-state index contributed by atoms with van der Waals surface area (Å²) in [4.78, 5) is 23.5. The number of rotatable bonds is 4. The van der Waals surface area contributed by atoms with Crippen molar-refractivity contribution in [3.63, 3.8) is 0 Å². The minimum Gasteiger partial charge on any atom is -0.481 e. The summed E-state index contributed by atoms with van der Waals surface area (Å²) in [5.41, 5.74) is 0. The van der Waals surface area contributed by atoms with Gasteiger partial charge in [-0.3, -0.25) is 4.79 Å². The maximum atomic E-state index is 11.5. The maximum absolute atomic E-state index is 11.5. The first-order valence-electron chi connectivity index (χ1n) is 4.93. The molecule has 0 saturated carbocycles. The minimum absolute atomic E-state index is 0.0406. The second-order valence-corrected chi connectivity index (χ2v) is 3.82. The first-order valence-corrected chi connectivity index (χ1v) is 4.93. The van der Waals surface area contributed by atoms with Crippen LogP contribution in [0.2, 0.25) is 0 Å². The van der Waals surface area contributed by atoms with Gasteiger partial charge in [0.2, 0.25) is 0 Å². The second-order valence-electron chi connectivity index (χ2n) is 3.82. The number of urea groups is 1. The molecule has 0 aromatic carbocycles. The smallest absolute Gasteiger partial charge is 0.317 e. The molecule has 1 heterocycles. The molecule has 5 nitrogen and oxygen atoms in total. The van der Waals surface area contributed by atoms with E-state index in [9.17, 15) is 9.59 Å². The van der Waals surface area contributed by atoms with Gasteiger partial charge in [-0.15, -0.1) is 6.58 Å². The number of carbonyl (C=O) groups excluding carboxylic acids is 1. The normalized spacial score (nSPS) is 17.8. The maximum Gasteiger partial charge on any atom is 0.317 e. The number of amides is 2. The molecule has 0 aromatic rings. The zero-order valence-corrected chi connectivity index (χ0v) is 8.77. The summed E-state index contributed by atoms with van der Waals surface area (Å²) in [6, 6.07) is -0.152. The summed E-state index contributed by atoms with van der Waals surface area (Å²) in [5, 5.41) is 11.4. The zero-order valence-electron chi connectivity index (χ0n) is 8.77. The molecule has 1 rings (SSSR count). The number of nitrogens with one attached hydrogen (secondary N) is 1. The molecule has 1 aliphatic rings. The van der Waals surface area contributed by atoms with Crippen LogP contribution in [0.3, 0.4) is 0 Å². The number of hydrogen-bond donors (Lipinski definition) is 2. The van der Waals surface area contributed by atoms with Gasteiger partial charge < -0.3 is 15.3 Å². The van der Waals surface area contributed by atoms with Gasteiger partial charge in [-0.1, -0.05) is 6.08 Å². The highest BCUT2D eigenvalue weighted by atomic mass is 16.4. The van der Waals surface area contributed by atoms with E-state index < -0.39 is 11.9 Å². The Morgan fingerprint density at radius 2 is 2.27 bits per heavy atom. The van der Waals surface area contributed by atoms with Crippen LogP contribution in [-0.4, -0.2) is 41.1 Å². The Morgan fingerprint density at radius 3 is 2.73 bits per heavy atom. The SMILES string of the molecule is C=CCC(C)NC(=O)N1CC(C(=O)O)C1. The van der Waals surface area contributed by atoms with Crippen molar-refractivity contribution < 1.29 is 14.7 Å². The molecule has 1 unspecified atom stereocenters. The molecule has 0 aromatic heterocycles. The molecule has 0 spiro atoms. The average Bonchev–Trinajstić information content (AvgIpc) is 1.99. The Balaban J connectivity index is 2.26. The molecular formula is C10H16N2O3. The predicted octanol–water partition coefficient (Wildman–Crippen LogP) is 0.677. The van der Waals surface area contributed by atoms with Gasteiger partial charge in [0.1, 0.15) is 0 Å². The molecule has 1 aliphatic heterocycles. The fraction of sp³-hybridized carbons (Fsp3) is 0.600. The lowest BCUT2D eigenvalue weighted by Crippen LogP contribution is -2.57. The van der Waals surface area contributed by atoms with Gasteiger partial charge in [0, 0.05) is 19.1 Å². The molecule has 2 N–H and O–H groups in total. The van der Waals surface area contributed by atoms with E-state index in [-0.39, 0.29) is 12.1 Å². The highest BCUT2D eigenvalue weighted by Crippen LogP contribution is 2.15. The van der Waals surface area contributed by atoms with Crippen LogP contribution >= 0.6 is 0 Å². The third kappa shape index (κ3) is 2.97. The number of aliphatic carboxylic acids is 1. The lowest BCUT2D eigenvalue weighted by atomic mass is 10.0. The molecule has 5 heteroatoms. The molecule has 0 aliphatic carbocycles. The van der Waals surface area contributed by atoms with Crippen LogP contribution in [0.1, 0.15) is 13.3 Å². The van der Waals surface area contributed by atoms with Crippen molar-refractivity contribution in [3.05, 3.63) is 12.7 Å².